The third-order valence-electron chi connectivity index (χ3n) is 6.95. The molecule has 1 N–H and O–H groups in total. The monoisotopic (exact) mass is 579 g/mol. The lowest BCUT2D eigenvalue weighted by Gasteiger charge is -2.33. The molecule has 0 saturated carbocycles. The van der Waals surface area contributed by atoms with Crippen LogP contribution in [0.1, 0.15) is 44.2 Å². The van der Waals surface area contributed by atoms with Gasteiger partial charge in [0.15, 0.2) is 0 Å². The fourth-order valence-electron chi connectivity index (χ4n) is 4.52. The largest absolute Gasteiger partial charge is 0.497 e. The number of unbranched alkanes of at least 4 members (excludes halogenated alkanes) is 1. The molecule has 8 nitrogen and oxygen atoms in total. The highest BCUT2D eigenvalue weighted by Gasteiger charge is 2.33. The second-order valence-corrected chi connectivity index (χ2v) is 11.8. The van der Waals surface area contributed by atoms with E-state index >= 15 is 0 Å². The zero-order chi connectivity index (χ0) is 29.8. The Hall–Kier alpha value is -3.85. The summed E-state index contributed by atoms with van der Waals surface area (Å²) in [4.78, 5) is 28.9. The van der Waals surface area contributed by atoms with Crippen LogP contribution in [0.4, 0.5) is 5.69 Å². The maximum Gasteiger partial charge on any atom is 0.264 e. The Labute approximate surface area is 244 Å². The van der Waals surface area contributed by atoms with Gasteiger partial charge in [-0.3, -0.25) is 13.9 Å². The van der Waals surface area contributed by atoms with Crippen LogP contribution in [-0.4, -0.2) is 57.9 Å². The normalized spacial score (nSPS) is 11.9. The van der Waals surface area contributed by atoms with Crippen LogP contribution in [0.3, 0.4) is 0 Å². The van der Waals surface area contributed by atoms with Crippen molar-refractivity contribution in [2.75, 3.05) is 31.0 Å². The van der Waals surface area contributed by atoms with E-state index < -0.39 is 28.5 Å². The molecule has 0 saturated heterocycles. The first kappa shape index (κ1) is 31.7. The van der Waals surface area contributed by atoms with Crippen molar-refractivity contribution in [1.82, 2.24) is 10.2 Å². The number of rotatable bonds is 15. The number of hydrogen-bond acceptors (Lipinski definition) is 5. The summed E-state index contributed by atoms with van der Waals surface area (Å²) in [5.41, 5.74) is 2.26. The number of anilines is 1. The quantitative estimate of drug-likeness (QED) is 0.257. The maximum atomic E-state index is 14.1. The number of carbonyl (C=O) groups is 2. The van der Waals surface area contributed by atoms with E-state index in [-0.39, 0.29) is 17.3 Å². The van der Waals surface area contributed by atoms with Crippen LogP contribution in [-0.2, 0) is 26.0 Å². The molecule has 0 heterocycles. The summed E-state index contributed by atoms with van der Waals surface area (Å²) in [6, 6.07) is 22.0. The minimum absolute atomic E-state index is 0.0758. The van der Waals surface area contributed by atoms with Gasteiger partial charge in [-0.15, -0.1) is 0 Å². The minimum atomic E-state index is -4.11. The van der Waals surface area contributed by atoms with Gasteiger partial charge in [-0.1, -0.05) is 68.3 Å². The number of methoxy groups -OCH3 is 1. The highest BCUT2D eigenvalue weighted by Crippen LogP contribution is 2.26. The zero-order valence-corrected chi connectivity index (χ0v) is 25.2. The van der Waals surface area contributed by atoms with E-state index in [1.54, 1.807) is 36.4 Å². The van der Waals surface area contributed by atoms with Crippen LogP contribution >= 0.6 is 0 Å². The number of amides is 2. The molecule has 3 aromatic carbocycles. The first-order chi connectivity index (χ1) is 19.7. The highest BCUT2D eigenvalue weighted by molar-refractivity contribution is 7.92. The standard InChI is InChI=1S/C32H41N3O5S/c1-5-7-22-33-32(37)30(6-2)34(23-21-26-11-9-8-10-12-26)31(36)24-35(27-15-17-28(40-4)18-16-27)41(38,39)29-19-13-25(3)14-20-29/h8-20,30H,5-7,21-24H2,1-4H3,(H,33,37)/t30-/m1/s1. The molecule has 3 aromatic rings. The number of hydrogen-bond donors (Lipinski definition) is 1. The van der Waals surface area contributed by atoms with Crippen molar-refractivity contribution in [3.05, 3.63) is 90.0 Å². The van der Waals surface area contributed by atoms with Crippen molar-refractivity contribution < 1.29 is 22.7 Å². The molecule has 0 aliphatic rings. The second kappa shape index (κ2) is 15.2. The van der Waals surface area contributed by atoms with E-state index in [9.17, 15) is 18.0 Å². The molecule has 0 spiro atoms. The van der Waals surface area contributed by atoms with Crippen molar-refractivity contribution in [3.63, 3.8) is 0 Å². The predicted octanol–water partition coefficient (Wildman–Crippen LogP) is 4.97. The number of benzene rings is 3. The molecule has 220 valence electrons. The third-order valence-corrected chi connectivity index (χ3v) is 8.74. The molecule has 0 bridgehead atoms. The molecule has 2 amide bonds. The zero-order valence-electron chi connectivity index (χ0n) is 24.4. The summed E-state index contributed by atoms with van der Waals surface area (Å²) in [5, 5.41) is 2.95. The lowest BCUT2D eigenvalue weighted by molar-refractivity contribution is -0.139. The molecule has 0 unspecified atom stereocenters. The first-order valence-electron chi connectivity index (χ1n) is 14.1. The predicted molar refractivity (Wildman–Crippen MR) is 163 cm³/mol. The van der Waals surface area contributed by atoms with Gasteiger partial charge in [0.1, 0.15) is 18.3 Å². The summed E-state index contributed by atoms with van der Waals surface area (Å²) in [5.74, 6) is -0.128. The van der Waals surface area contributed by atoms with E-state index in [1.165, 1.54) is 24.1 Å². The minimum Gasteiger partial charge on any atom is -0.497 e. The molecule has 41 heavy (non-hydrogen) atoms. The van der Waals surface area contributed by atoms with Crippen LogP contribution in [0.15, 0.2) is 83.8 Å². The van der Waals surface area contributed by atoms with Crippen molar-refractivity contribution >= 4 is 27.5 Å². The molecule has 0 aliphatic carbocycles. The number of aryl methyl sites for hydroxylation is 1. The lowest BCUT2D eigenvalue weighted by atomic mass is 10.1. The van der Waals surface area contributed by atoms with Crippen molar-refractivity contribution in [2.45, 2.75) is 57.4 Å². The number of nitrogens with one attached hydrogen (secondary N) is 1. The van der Waals surface area contributed by atoms with Gasteiger partial charge >= 0.3 is 0 Å². The number of nitrogens with zero attached hydrogens (tertiary/aromatic N) is 2. The van der Waals surface area contributed by atoms with E-state index in [0.717, 1.165) is 28.3 Å². The molecule has 1 atom stereocenters. The number of ether oxygens (including phenoxy) is 1. The van der Waals surface area contributed by atoms with Crippen LogP contribution in [0.25, 0.3) is 0 Å². The van der Waals surface area contributed by atoms with Gasteiger partial charge in [0, 0.05) is 13.1 Å². The average Bonchev–Trinajstić information content (AvgIpc) is 2.98. The van der Waals surface area contributed by atoms with Crippen molar-refractivity contribution in [3.8, 4) is 5.75 Å². The molecule has 3 rings (SSSR count). The Morgan fingerprint density at radius 1 is 0.927 bits per heavy atom. The Bertz CT molecular complexity index is 1360. The lowest BCUT2D eigenvalue weighted by Crippen LogP contribution is -2.53. The van der Waals surface area contributed by atoms with E-state index in [1.807, 2.05) is 51.1 Å². The fraction of sp³-hybridized carbons (Fsp3) is 0.375. The maximum absolute atomic E-state index is 14.1. The molecule has 0 aliphatic heterocycles. The molecule has 0 radical (unpaired) electrons. The number of sulfonamides is 1. The summed E-state index contributed by atoms with van der Waals surface area (Å²) in [7, 11) is -2.58. The van der Waals surface area contributed by atoms with Crippen molar-refractivity contribution in [2.24, 2.45) is 0 Å². The summed E-state index contributed by atoms with van der Waals surface area (Å²) in [6.07, 6.45) is 2.69. The first-order valence-corrected chi connectivity index (χ1v) is 15.5. The molecular formula is C32H41N3O5S. The average molecular weight is 580 g/mol. The van der Waals surface area contributed by atoms with Gasteiger partial charge in [0.25, 0.3) is 10.0 Å². The third kappa shape index (κ3) is 8.57. The van der Waals surface area contributed by atoms with Crippen LogP contribution in [0, 0.1) is 6.92 Å². The van der Waals surface area contributed by atoms with E-state index in [4.69, 9.17) is 4.74 Å². The van der Waals surface area contributed by atoms with Crippen LogP contribution < -0.4 is 14.4 Å². The van der Waals surface area contributed by atoms with Gasteiger partial charge in [-0.2, -0.15) is 0 Å². The Kier molecular flexibility index (Phi) is 11.8. The molecule has 0 fully saturated rings. The summed E-state index contributed by atoms with van der Waals surface area (Å²) in [6.45, 7) is 6.10. The van der Waals surface area contributed by atoms with Gasteiger partial charge in [0.05, 0.1) is 17.7 Å². The summed E-state index contributed by atoms with van der Waals surface area (Å²) < 4.78 is 34.2. The SMILES string of the molecule is CCCCNC(=O)[C@@H](CC)N(CCc1ccccc1)C(=O)CN(c1ccc(OC)cc1)S(=O)(=O)c1ccc(C)cc1. The molecule has 0 aromatic heterocycles. The highest BCUT2D eigenvalue weighted by atomic mass is 32.2. The van der Waals surface area contributed by atoms with Gasteiger partial charge in [-0.05, 0) is 68.1 Å². The second-order valence-electron chi connectivity index (χ2n) is 9.91. The fourth-order valence-corrected chi connectivity index (χ4v) is 5.93. The molecule has 9 heteroatoms. The molecular weight excluding hydrogens is 538 g/mol. The van der Waals surface area contributed by atoms with Gasteiger partial charge in [-0.25, -0.2) is 8.42 Å². The van der Waals surface area contributed by atoms with Gasteiger partial charge in [0.2, 0.25) is 11.8 Å². The Morgan fingerprint density at radius 3 is 2.17 bits per heavy atom. The topological polar surface area (TPSA) is 96.0 Å². The summed E-state index contributed by atoms with van der Waals surface area (Å²) >= 11 is 0. The smallest absolute Gasteiger partial charge is 0.264 e. The van der Waals surface area contributed by atoms with Crippen molar-refractivity contribution in [1.29, 1.82) is 0 Å². The van der Waals surface area contributed by atoms with Crippen LogP contribution in [0.2, 0.25) is 0 Å². The Balaban J connectivity index is 1.98. The van der Waals surface area contributed by atoms with Crippen LogP contribution in [0.5, 0.6) is 5.75 Å². The van der Waals surface area contributed by atoms with E-state index in [0.29, 0.717) is 30.8 Å². The van der Waals surface area contributed by atoms with E-state index in [2.05, 4.69) is 5.32 Å². The number of carbonyl (C=O) groups excluding carboxylic acids is 2. The van der Waals surface area contributed by atoms with Gasteiger partial charge < -0.3 is 15.0 Å². The Morgan fingerprint density at radius 2 is 1.59 bits per heavy atom.